The van der Waals surface area contributed by atoms with Crippen LogP contribution in [0.1, 0.15) is 24.1 Å². The van der Waals surface area contributed by atoms with Crippen molar-refractivity contribution >= 4 is 27.4 Å². The van der Waals surface area contributed by atoms with Crippen molar-refractivity contribution in [1.82, 2.24) is 4.40 Å². The Balaban J connectivity index is 2.37. The number of carboxylic acid groups (broad SMARTS) is 1. The van der Waals surface area contributed by atoms with Crippen molar-refractivity contribution in [2.75, 3.05) is 0 Å². The van der Waals surface area contributed by atoms with Crippen LogP contribution in [-0.4, -0.2) is 15.5 Å². The van der Waals surface area contributed by atoms with Gasteiger partial charge in [0.15, 0.2) is 0 Å². The highest BCUT2D eigenvalue weighted by Crippen LogP contribution is 2.51. The molecule has 17 heavy (non-hydrogen) atoms. The first-order valence-electron chi connectivity index (χ1n) is 5.57. The Hall–Kier alpha value is -1.29. The van der Waals surface area contributed by atoms with E-state index in [4.69, 9.17) is 0 Å². The molecule has 0 amide bonds. The fourth-order valence-electron chi connectivity index (χ4n) is 2.56. The van der Waals surface area contributed by atoms with Gasteiger partial charge in [0.25, 0.3) is 0 Å². The number of fused-ring (bicyclic) bond motifs is 1. The summed E-state index contributed by atoms with van der Waals surface area (Å²) in [6.07, 6.45) is 3.40. The SMILES string of the molecule is Cc1c(Br)c2ccccn2c1C1(C(=O)O)CC1. The number of aromatic nitrogens is 1. The molecule has 0 aliphatic heterocycles. The highest BCUT2D eigenvalue weighted by molar-refractivity contribution is 9.10. The molecule has 0 spiro atoms. The molecule has 0 atom stereocenters. The third-order valence-corrected chi connectivity index (χ3v) is 4.62. The Morgan fingerprint density at radius 1 is 1.47 bits per heavy atom. The summed E-state index contributed by atoms with van der Waals surface area (Å²) >= 11 is 3.56. The molecule has 2 aromatic heterocycles. The number of pyridine rings is 1. The van der Waals surface area contributed by atoms with E-state index in [-0.39, 0.29) is 0 Å². The molecular weight excluding hydrogens is 282 g/mol. The van der Waals surface area contributed by atoms with Crippen LogP contribution < -0.4 is 0 Å². The molecule has 1 fully saturated rings. The van der Waals surface area contributed by atoms with Gasteiger partial charge in [-0.3, -0.25) is 4.79 Å². The van der Waals surface area contributed by atoms with E-state index >= 15 is 0 Å². The number of carbonyl (C=O) groups is 1. The van der Waals surface area contributed by atoms with Gasteiger partial charge in [-0.25, -0.2) is 0 Å². The second kappa shape index (κ2) is 3.35. The smallest absolute Gasteiger partial charge is 0.315 e. The van der Waals surface area contributed by atoms with Gasteiger partial charge < -0.3 is 9.51 Å². The van der Waals surface area contributed by atoms with Crippen LogP contribution in [0.4, 0.5) is 0 Å². The second-order valence-electron chi connectivity index (χ2n) is 4.63. The minimum absolute atomic E-state index is 0.666. The van der Waals surface area contributed by atoms with Crippen molar-refractivity contribution in [3.05, 3.63) is 40.1 Å². The van der Waals surface area contributed by atoms with Gasteiger partial charge in [-0.1, -0.05) is 6.07 Å². The van der Waals surface area contributed by atoms with Crippen molar-refractivity contribution < 1.29 is 9.90 Å². The molecule has 2 aromatic rings. The summed E-state index contributed by atoms with van der Waals surface area (Å²) in [6, 6.07) is 5.89. The number of hydrogen-bond acceptors (Lipinski definition) is 1. The molecule has 1 N–H and O–H groups in total. The highest BCUT2D eigenvalue weighted by atomic mass is 79.9. The average Bonchev–Trinajstić information content (AvgIpc) is 3.06. The molecule has 0 bridgehead atoms. The van der Waals surface area contributed by atoms with Gasteiger partial charge >= 0.3 is 5.97 Å². The van der Waals surface area contributed by atoms with Crippen molar-refractivity contribution in [2.24, 2.45) is 0 Å². The lowest BCUT2D eigenvalue weighted by atomic mass is 10.00. The molecule has 3 rings (SSSR count). The van der Waals surface area contributed by atoms with Gasteiger partial charge in [0, 0.05) is 16.4 Å². The molecule has 3 nitrogen and oxygen atoms in total. The van der Waals surface area contributed by atoms with Crippen LogP contribution in [0.25, 0.3) is 5.52 Å². The first kappa shape index (κ1) is 10.8. The molecule has 0 aromatic carbocycles. The van der Waals surface area contributed by atoms with Crippen molar-refractivity contribution in [1.29, 1.82) is 0 Å². The van der Waals surface area contributed by atoms with Crippen molar-refractivity contribution in [3.63, 3.8) is 0 Å². The zero-order valence-corrected chi connectivity index (χ0v) is 11.0. The molecule has 4 heteroatoms. The monoisotopic (exact) mass is 293 g/mol. The molecule has 0 radical (unpaired) electrons. The molecule has 0 unspecified atom stereocenters. The molecule has 1 aliphatic carbocycles. The maximum atomic E-state index is 11.5. The minimum Gasteiger partial charge on any atom is -0.481 e. The molecule has 1 aliphatic rings. The van der Waals surface area contributed by atoms with Crippen LogP contribution in [0.15, 0.2) is 28.9 Å². The van der Waals surface area contributed by atoms with Crippen LogP contribution in [-0.2, 0) is 10.2 Å². The third-order valence-electron chi connectivity index (χ3n) is 3.62. The third kappa shape index (κ3) is 1.30. The molecular formula is C13H12BrNO2. The number of nitrogens with zero attached hydrogens (tertiary/aromatic N) is 1. The predicted octanol–water partition coefficient (Wildman–Crippen LogP) is 3.13. The zero-order valence-electron chi connectivity index (χ0n) is 9.40. The summed E-state index contributed by atoms with van der Waals surface area (Å²) in [5.41, 5.74) is 2.33. The lowest BCUT2D eigenvalue weighted by Crippen LogP contribution is -2.22. The van der Waals surface area contributed by atoms with Gasteiger partial charge in [-0.15, -0.1) is 0 Å². The number of carboxylic acids is 1. The number of aliphatic carboxylic acids is 1. The second-order valence-corrected chi connectivity index (χ2v) is 5.42. The van der Waals surface area contributed by atoms with E-state index in [1.54, 1.807) is 0 Å². The van der Waals surface area contributed by atoms with Crippen LogP contribution in [0.5, 0.6) is 0 Å². The Labute approximate surface area is 107 Å². The van der Waals surface area contributed by atoms with E-state index < -0.39 is 11.4 Å². The quantitative estimate of drug-likeness (QED) is 0.924. The van der Waals surface area contributed by atoms with Crippen LogP contribution in [0, 0.1) is 6.92 Å². The molecule has 88 valence electrons. The molecule has 0 saturated heterocycles. The van der Waals surface area contributed by atoms with Gasteiger partial charge in [0.1, 0.15) is 5.41 Å². The number of hydrogen-bond donors (Lipinski definition) is 1. The van der Waals surface area contributed by atoms with Crippen molar-refractivity contribution in [3.8, 4) is 0 Å². The van der Waals surface area contributed by atoms with E-state index in [9.17, 15) is 9.90 Å². The van der Waals surface area contributed by atoms with Crippen LogP contribution >= 0.6 is 15.9 Å². The largest absolute Gasteiger partial charge is 0.481 e. The lowest BCUT2D eigenvalue weighted by molar-refractivity contribution is -0.140. The van der Waals surface area contributed by atoms with Gasteiger partial charge in [0.05, 0.1) is 5.52 Å². The topological polar surface area (TPSA) is 41.7 Å². The van der Waals surface area contributed by atoms with Gasteiger partial charge in [-0.2, -0.15) is 0 Å². The maximum absolute atomic E-state index is 11.5. The Morgan fingerprint density at radius 3 is 2.76 bits per heavy atom. The Morgan fingerprint density at radius 2 is 2.18 bits per heavy atom. The van der Waals surface area contributed by atoms with E-state index in [1.807, 2.05) is 35.7 Å². The maximum Gasteiger partial charge on any atom is 0.315 e. The fraction of sp³-hybridized carbons (Fsp3) is 0.308. The lowest BCUT2D eigenvalue weighted by Gasteiger charge is -2.11. The van der Waals surface area contributed by atoms with E-state index in [0.717, 1.165) is 34.1 Å². The fourth-order valence-corrected chi connectivity index (χ4v) is 3.07. The first-order chi connectivity index (χ1) is 8.08. The zero-order chi connectivity index (χ0) is 12.2. The average molecular weight is 294 g/mol. The van der Waals surface area contributed by atoms with E-state index in [0.29, 0.717) is 0 Å². The number of rotatable bonds is 2. The summed E-state index contributed by atoms with van der Waals surface area (Å²) in [7, 11) is 0. The summed E-state index contributed by atoms with van der Waals surface area (Å²) in [6.45, 7) is 1.98. The van der Waals surface area contributed by atoms with Gasteiger partial charge in [0.2, 0.25) is 0 Å². The Bertz CT molecular complexity index is 626. The predicted molar refractivity (Wildman–Crippen MR) is 68.4 cm³/mol. The van der Waals surface area contributed by atoms with E-state index in [2.05, 4.69) is 15.9 Å². The first-order valence-corrected chi connectivity index (χ1v) is 6.36. The Kier molecular flexibility index (Phi) is 2.14. The summed E-state index contributed by atoms with van der Waals surface area (Å²) in [4.78, 5) is 11.5. The summed E-state index contributed by atoms with van der Waals surface area (Å²) < 4.78 is 3.00. The normalized spacial score (nSPS) is 17.3. The van der Waals surface area contributed by atoms with Crippen LogP contribution in [0.3, 0.4) is 0 Å². The van der Waals surface area contributed by atoms with Crippen LogP contribution in [0.2, 0.25) is 0 Å². The van der Waals surface area contributed by atoms with Gasteiger partial charge in [-0.05, 0) is 53.4 Å². The minimum atomic E-state index is -0.712. The summed E-state index contributed by atoms with van der Waals surface area (Å²) in [5.74, 6) is -0.712. The molecule has 1 saturated carbocycles. The van der Waals surface area contributed by atoms with E-state index in [1.165, 1.54) is 0 Å². The highest BCUT2D eigenvalue weighted by Gasteiger charge is 2.54. The standard InChI is InChI=1S/C13H12BrNO2/c1-8-10(14)9-4-2-3-7-15(9)11(8)13(5-6-13)12(16)17/h2-4,7H,5-6H2,1H3,(H,16,17). The van der Waals surface area contributed by atoms with Crippen molar-refractivity contribution in [2.45, 2.75) is 25.2 Å². The number of halogens is 1. The summed E-state index contributed by atoms with van der Waals surface area (Å²) in [5, 5.41) is 9.42. The molecule has 2 heterocycles.